The maximum absolute atomic E-state index is 12.4. The molecule has 172 valence electrons. The Morgan fingerprint density at radius 3 is 2.50 bits per heavy atom. The maximum atomic E-state index is 12.4. The normalized spacial score (nSPS) is 15.5. The van der Waals surface area contributed by atoms with E-state index in [-0.39, 0.29) is 17.0 Å². The highest BCUT2D eigenvalue weighted by Gasteiger charge is 2.25. The van der Waals surface area contributed by atoms with Crippen molar-refractivity contribution in [3.05, 3.63) is 45.8 Å². The molecule has 0 unspecified atom stereocenters. The molecule has 0 bridgehead atoms. The highest BCUT2D eigenvalue weighted by molar-refractivity contribution is 7.92. The summed E-state index contributed by atoms with van der Waals surface area (Å²) >= 11 is 1.04. The molecule has 1 aromatic heterocycles. The number of sulfone groups is 1. The van der Waals surface area contributed by atoms with E-state index in [0.717, 1.165) is 37.0 Å². The number of rotatable bonds is 7. The fraction of sp³-hybridized carbons (Fsp3) is 0.450. The molecule has 1 fully saturated rings. The monoisotopic (exact) mass is 480 g/mol. The lowest BCUT2D eigenvalue weighted by Crippen LogP contribution is -2.37. The molecule has 0 aliphatic carbocycles. The van der Waals surface area contributed by atoms with Crippen LogP contribution in [-0.2, 0) is 26.0 Å². The Bertz CT molecular complexity index is 1220. The van der Waals surface area contributed by atoms with Gasteiger partial charge in [-0.15, -0.1) is 6.58 Å². The van der Waals surface area contributed by atoms with Crippen molar-refractivity contribution in [2.75, 3.05) is 24.6 Å². The standard InChI is InChI=1S/C20H24N4O6S2/c1-2-9-23-16-8-7-15(24(27)28)12-17(16)31-20(23)21-18(25)13-32(29,30)14-19(26)22-10-5-3-4-6-11-22/h2,7-8,12H,1,3-6,9-11,13-14H2. The molecule has 2 aromatic rings. The zero-order valence-corrected chi connectivity index (χ0v) is 19.1. The van der Waals surface area contributed by atoms with Crippen LogP contribution in [-0.4, -0.2) is 59.2 Å². The number of non-ortho nitro benzene ring substituents is 1. The van der Waals surface area contributed by atoms with Crippen LogP contribution in [0.3, 0.4) is 0 Å². The minimum atomic E-state index is -3.98. The average molecular weight is 481 g/mol. The Morgan fingerprint density at radius 1 is 1.19 bits per heavy atom. The molecule has 1 aliphatic heterocycles. The number of benzene rings is 1. The lowest BCUT2D eigenvalue weighted by molar-refractivity contribution is -0.384. The van der Waals surface area contributed by atoms with Crippen molar-refractivity contribution in [1.82, 2.24) is 9.47 Å². The molecule has 3 rings (SSSR count). The van der Waals surface area contributed by atoms with E-state index >= 15 is 0 Å². The first kappa shape index (κ1) is 23.8. The van der Waals surface area contributed by atoms with Gasteiger partial charge in [0.2, 0.25) is 5.91 Å². The number of hydrogen-bond donors (Lipinski definition) is 0. The highest BCUT2D eigenvalue weighted by atomic mass is 32.2. The van der Waals surface area contributed by atoms with Crippen LogP contribution in [0, 0.1) is 10.1 Å². The third kappa shape index (κ3) is 5.88. The van der Waals surface area contributed by atoms with Gasteiger partial charge >= 0.3 is 0 Å². The first-order chi connectivity index (χ1) is 15.2. The molecular formula is C20H24N4O6S2. The van der Waals surface area contributed by atoms with E-state index in [9.17, 15) is 28.1 Å². The number of nitro groups is 1. The van der Waals surface area contributed by atoms with Gasteiger partial charge in [0.05, 0.1) is 15.1 Å². The smallest absolute Gasteiger partial charge is 0.270 e. The van der Waals surface area contributed by atoms with Crippen LogP contribution in [0.4, 0.5) is 5.69 Å². The summed E-state index contributed by atoms with van der Waals surface area (Å²) in [6.07, 6.45) is 5.28. The number of hydrogen-bond acceptors (Lipinski definition) is 7. The number of likely N-dealkylation sites (tertiary alicyclic amines) is 1. The van der Waals surface area contributed by atoms with Gasteiger partial charge < -0.3 is 9.47 Å². The van der Waals surface area contributed by atoms with Gasteiger partial charge in [0.15, 0.2) is 14.6 Å². The van der Waals surface area contributed by atoms with Crippen molar-refractivity contribution >= 4 is 48.9 Å². The molecule has 0 atom stereocenters. The number of thiazole rings is 1. The van der Waals surface area contributed by atoms with Gasteiger partial charge in [-0.1, -0.05) is 30.3 Å². The predicted octanol–water partition coefficient (Wildman–Crippen LogP) is 2.04. The van der Waals surface area contributed by atoms with Gasteiger partial charge in [-0.05, 0) is 18.9 Å². The molecule has 32 heavy (non-hydrogen) atoms. The van der Waals surface area contributed by atoms with Gasteiger partial charge in [-0.2, -0.15) is 4.99 Å². The van der Waals surface area contributed by atoms with Crippen LogP contribution in [0.5, 0.6) is 0 Å². The van der Waals surface area contributed by atoms with Gasteiger partial charge in [-0.25, -0.2) is 8.42 Å². The zero-order chi connectivity index (χ0) is 23.3. The molecule has 0 radical (unpaired) electrons. The fourth-order valence-corrected chi connectivity index (χ4v) is 5.74. The molecular weight excluding hydrogens is 456 g/mol. The average Bonchev–Trinajstić information content (AvgIpc) is 2.89. The fourth-order valence-electron chi connectivity index (χ4n) is 3.54. The Morgan fingerprint density at radius 2 is 1.88 bits per heavy atom. The number of nitro benzene ring substituents is 1. The largest absolute Gasteiger partial charge is 0.342 e. The van der Waals surface area contributed by atoms with Gasteiger partial charge in [-0.3, -0.25) is 19.7 Å². The van der Waals surface area contributed by atoms with E-state index in [2.05, 4.69) is 11.6 Å². The third-order valence-corrected chi connectivity index (χ3v) is 7.47. The first-order valence-electron chi connectivity index (χ1n) is 10.1. The summed E-state index contributed by atoms with van der Waals surface area (Å²) in [5.74, 6) is -2.99. The number of amides is 2. The first-order valence-corrected chi connectivity index (χ1v) is 12.8. The number of carbonyl (C=O) groups excluding carboxylic acids is 2. The number of nitrogens with zero attached hydrogens (tertiary/aromatic N) is 4. The molecule has 1 aliphatic rings. The molecule has 2 amide bonds. The topological polar surface area (TPSA) is 132 Å². The number of carbonyl (C=O) groups is 2. The second-order valence-electron chi connectivity index (χ2n) is 7.53. The predicted molar refractivity (Wildman–Crippen MR) is 121 cm³/mol. The minimum Gasteiger partial charge on any atom is -0.342 e. The van der Waals surface area contributed by atoms with E-state index < -0.39 is 38.1 Å². The summed E-state index contributed by atoms with van der Waals surface area (Å²) in [4.78, 5) is 41.0. The van der Waals surface area contributed by atoms with E-state index in [4.69, 9.17) is 0 Å². The maximum Gasteiger partial charge on any atom is 0.270 e. The van der Waals surface area contributed by atoms with E-state index in [0.29, 0.717) is 23.3 Å². The highest BCUT2D eigenvalue weighted by Crippen LogP contribution is 2.23. The summed E-state index contributed by atoms with van der Waals surface area (Å²) in [6.45, 7) is 5.00. The van der Waals surface area contributed by atoms with Crippen LogP contribution < -0.4 is 4.80 Å². The lowest BCUT2D eigenvalue weighted by Gasteiger charge is -2.19. The SMILES string of the molecule is C=CCn1c(=NC(=O)CS(=O)(=O)CC(=O)N2CCCCCC2)sc2cc([N+](=O)[O-])ccc21. The Kier molecular flexibility index (Phi) is 7.56. The quantitative estimate of drug-likeness (QED) is 0.338. The Labute approximate surface area is 188 Å². The third-order valence-electron chi connectivity index (χ3n) is 5.05. The summed E-state index contributed by atoms with van der Waals surface area (Å²) in [6, 6.07) is 4.27. The Balaban J connectivity index is 1.81. The van der Waals surface area contributed by atoms with Crippen LogP contribution in [0.1, 0.15) is 25.7 Å². The van der Waals surface area contributed by atoms with Crippen LogP contribution in [0.15, 0.2) is 35.8 Å². The molecule has 0 saturated carbocycles. The van der Waals surface area contributed by atoms with Crippen molar-refractivity contribution in [2.45, 2.75) is 32.2 Å². The van der Waals surface area contributed by atoms with Crippen molar-refractivity contribution in [3.8, 4) is 0 Å². The number of allylic oxidation sites excluding steroid dienone is 1. The van der Waals surface area contributed by atoms with Crippen molar-refractivity contribution in [1.29, 1.82) is 0 Å². The lowest BCUT2D eigenvalue weighted by atomic mass is 10.2. The molecule has 12 heteroatoms. The van der Waals surface area contributed by atoms with Crippen molar-refractivity contribution in [3.63, 3.8) is 0 Å². The van der Waals surface area contributed by atoms with Crippen molar-refractivity contribution < 1.29 is 22.9 Å². The van der Waals surface area contributed by atoms with E-state index in [1.807, 2.05) is 0 Å². The number of fused-ring (bicyclic) bond motifs is 1. The van der Waals surface area contributed by atoms with Crippen LogP contribution >= 0.6 is 11.3 Å². The number of aromatic nitrogens is 1. The zero-order valence-electron chi connectivity index (χ0n) is 17.4. The molecule has 0 N–H and O–H groups in total. The van der Waals surface area contributed by atoms with Gasteiger partial charge in [0, 0.05) is 31.8 Å². The van der Waals surface area contributed by atoms with Gasteiger partial charge in [0.1, 0.15) is 11.5 Å². The summed E-state index contributed by atoms with van der Waals surface area (Å²) in [7, 11) is -3.98. The van der Waals surface area contributed by atoms with Gasteiger partial charge in [0.25, 0.3) is 11.6 Å². The Hall–Kier alpha value is -2.86. The molecule has 0 spiro atoms. The van der Waals surface area contributed by atoms with E-state index in [1.54, 1.807) is 21.6 Å². The molecule has 1 aromatic carbocycles. The molecule has 10 nitrogen and oxygen atoms in total. The summed E-state index contributed by atoms with van der Waals surface area (Å²) < 4.78 is 27.1. The minimum absolute atomic E-state index is 0.100. The molecule has 1 saturated heterocycles. The van der Waals surface area contributed by atoms with Crippen LogP contribution in [0.25, 0.3) is 10.2 Å². The summed E-state index contributed by atoms with van der Waals surface area (Å²) in [5, 5.41) is 11.0. The van der Waals surface area contributed by atoms with E-state index in [1.165, 1.54) is 12.1 Å². The van der Waals surface area contributed by atoms with Crippen molar-refractivity contribution in [2.24, 2.45) is 4.99 Å². The second kappa shape index (κ2) is 10.2. The molecule has 2 heterocycles. The summed E-state index contributed by atoms with van der Waals surface area (Å²) in [5.41, 5.74) is 0.517. The second-order valence-corrected chi connectivity index (χ2v) is 10.6. The van der Waals surface area contributed by atoms with Crippen LogP contribution in [0.2, 0.25) is 0 Å².